The largest absolute Gasteiger partial charge is 0.489 e. The number of hydrogen-bond acceptors (Lipinski definition) is 4. The van der Waals surface area contributed by atoms with Gasteiger partial charge in [-0.2, -0.15) is 23.3 Å². The number of halogens is 3. The highest BCUT2D eigenvalue weighted by Crippen LogP contribution is 2.41. The standard InChI is InChI=1S/C23H25F3N2O3/c1-3-4-5-19-14-22(30,23(24,25)26)28(27-19)21(29)18-10-12-20(13-11-18)31-15-17-8-6-16(2)7-9-17/h6-13,30H,3-5,14-15H2,1-2H3/t22-/m1/s1. The van der Waals surface area contributed by atoms with Crippen molar-refractivity contribution in [2.75, 3.05) is 0 Å². The monoisotopic (exact) mass is 434 g/mol. The molecule has 0 saturated carbocycles. The number of aliphatic hydroxyl groups is 1. The molecule has 0 spiro atoms. The Hall–Kier alpha value is -2.87. The van der Waals surface area contributed by atoms with E-state index >= 15 is 0 Å². The molecule has 1 N–H and O–H groups in total. The van der Waals surface area contributed by atoms with Gasteiger partial charge in [0.05, 0.1) is 0 Å². The van der Waals surface area contributed by atoms with Gasteiger partial charge in [0.2, 0.25) is 0 Å². The van der Waals surface area contributed by atoms with E-state index in [9.17, 15) is 23.1 Å². The number of carbonyl (C=O) groups excluding carboxylic acids is 1. The molecule has 1 amide bonds. The molecule has 0 radical (unpaired) electrons. The molecule has 2 aromatic rings. The summed E-state index contributed by atoms with van der Waals surface area (Å²) in [6.07, 6.45) is -4.08. The lowest BCUT2D eigenvalue weighted by Crippen LogP contribution is -2.56. The number of ether oxygens (including phenoxy) is 1. The Balaban J connectivity index is 1.73. The number of hydrogen-bond donors (Lipinski definition) is 1. The van der Waals surface area contributed by atoms with Gasteiger partial charge >= 0.3 is 6.18 Å². The molecule has 0 fully saturated rings. The molecule has 8 heteroatoms. The second-order valence-corrected chi connectivity index (χ2v) is 7.68. The lowest BCUT2D eigenvalue weighted by Gasteiger charge is -2.32. The molecule has 31 heavy (non-hydrogen) atoms. The van der Waals surface area contributed by atoms with Crippen molar-refractivity contribution in [3.63, 3.8) is 0 Å². The Kier molecular flexibility index (Phi) is 6.69. The number of unbranched alkanes of at least 4 members (excludes halogenated alkanes) is 1. The number of rotatable bonds is 7. The predicted molar refractivity (Wildman–Crippen MR) is 111 cm³/mol. The zero-order chi connectivity index (χ0) is 22.6. The zero-order valence-corrected chi connectivity index (χ0v) is 17.4. The first kappa shape index (κ1) is 22.8. The molecule has 1 heterocycles. The highest BCUT2D eigenvalue weighted by molar-refractivity contribution is 5.98. The maximum atomic E-state index is 13.6. The zero-order valence-electron chi connectivity index (χ0n) is 17.4. The van der Waals surface area contributed by atoms with Gasteiger partial charge in [-0.25, -0.2) is 0 Å². The van der Waals surface area contributed by atoms with E-state index in [0.29, 0.717) is 25.2 Å². The second-order valence-electron chi connectivity index (χ2n) is 7.68. The van der Waals surface area contributed by atoms with Crippen molar-refractivity contribution in [1.29, 1.82) is 0 Å². The molecule has 0 saturated heterocycles. The van der Waals surface area contributed by atoms with Crippen LogP contribution >= 0.6 is 0 Å². The van der Waals surface area contributed by atoms with E-state index in [2.05, 4.69) is 5.10 Å². The van der Waals surface area contributed by atoms with E-state index in [-0.39, 0.29) is 16.3 Å². The van der Waals surface area contributed by atoms with Crippen molar-refractivity contribution < 1.29 is 27.8 Å². The number of hydrazone groups is 1. The summed E-state index contributed by atoms with van der Waals surface area (Å²) >= 11 is 0. The molecule has 3 rings (SSSR count). The summed E-state index contributed by atoms with van der Waals surface area (Å²) in [5.41, 5.74) is -1.10. The van der Waals surface area contributed by atoms with E-state index in [1.165, 1.54) is 24.3 Å². The molecular formula is C23H25F3N2O3. The van der Waals surface area contributed by atoms with E-state index < -0.39 is 24.2 Å². The van der Waals surface area contributed by atoms with Gasteiger partial charge in [0.15, 0.2) is 0 Å². The first-order valence-corrected chi connectivity index (χ1v) is 10.1. The third-order valence-electron chi connectivity index (χ3n) is 5.14. The van der Waals surface area contributed by atoms with Gasteiger partial charge < -0.3 is 9.84 Å². The SMILES string of the molecule is CCCCC1=NN(C(=O)c2ccc(OCc3ccc(C)cc3)cc2)[C@](O)(C(F)(F)F)C1. The van der Waals surface area contributed by atoms with Crippen LogP contribution in [0, 0.1) is 6.92 Å². The Morgan fingerprint density at radius 3 is 2.39 bits per heavy atom. The lowest BCUT2D eigenvalue weighted by molar-refractivity contribution is -0.297. The maximum absolute atomic E-state index is 13.6. The van der Waals surface area contributed by atoms with Crippen molar-refractivity contribution in [3.8, 4) is 5.75 Å². The van der Waals surface area contributed by atoms with Gasteiger partial charge in [0.1, 0.15) is 12.4 Å². The first-order chi connectivity index (χ1) is 14.6. The fraction of sp³-hybridized carbons (Fsp3) is 0.391. The second kappa shape index (κ2) is 9.09. The fourth-order valence-corrected chi connectivity index (χ4v) is 3.24. The fourth-order valence-electron chi connectivity index (χ4n) is 3.24. The Bertz CT molecular complexity index is 940. The summed E-state index contributed by atoms with van der Waals surface area (Å²) in [6, 6.07) is 13.5. The van der Waals surface area contributed by atoms with Crippen LogP contribution in [-0.2, 0) is 6.61 Å². The molecule has 1 atom stereocenters. The van der Waals surface area contributed by atoms with E-state index in [1.54, 1.807) is 0 Å². The predicted octanol–water partition coefficient (Wildman–Crippen LogP) is 5.22. The Labute approximate surface area is 179 Å². The highest BCUT2D eigenvalue weighted by Gasteiger charge is 2.63. The topological polar surface area (TPSA) is 62.1 Å². The number of aryl methyl sites for hydroxylation is 1. The minimum atomic E-state index is -5.03. The van der Waals surface area contributed by atoms with E-state index in [0.717, 1.165) is 17.5 Å². The summed E-state index contributed by atoms with van der Waals surface area (Å²) < 4.78 is 46.4. The number of benzene rings is 2. The lowest BCUT2D eigenvalue weighted by atomic mass is 10.0. The van der Waals surface area contributed by atoms with Crippen molar-refractivity contribution in [2.45, 2.75) is 58.0 Å². The third kappa shape index (κ3) is 5.07. The maximum Gasteiger partial charge on any atom is 0.438 e. The number of carbonyl (C=O) groups is 1. The van der Waals surface area contributed by atoms with Crippen LogP contribution < -0.4 is 4.74 Å². The van der Waals surface area contributed by atoms with Crippen LogP contribution in [0.3, 0.4) is 0 Å². The number of nitrogens with zero attached hydrogens (tertiary/aromatic N) is 2. The molecule has 0 bridgehead atoms. The average Bonchev–Trinajstić information content (AvgIpc) is 3.09. The smallest absolute Gasteiger partial charge is 0.438 e. The molecule has 0 aliphatic carbocycles. The van der Waals surface area contributed by atoms with Crippen LogP contribution in [0.2, 0.25) is 0 Å². The van der Waals surface area contributed by atoms with Crippen molar-refractivity contribution in [1.82, 2.24) is 5.01 Å². The normalized spacial score (nSPS) is 18.8. The molecule has 1 aliphatic rings. The first-order valence-electron chi connectivity index (χ1n) is 10.1. The van der Waals surface area contributed by atoms with Crippen LogP contribution in [0.25, 0.3) is 0 Å². The van der Waals surface area contributed by atoms with Crippen molar-refractivity contribution in [2.24, 2.45) is 5.10 Å². The number of alkyl halides is 3. The van der Waals surface area contributed by atoms with Crippen LogP contribution in [0.15, 0.2) is 53.6 Å². The summed E-state index contributed by atoms with van der Waals surface area (Å²) in [5, 5.41) is 14.3. The van der Waals surface area contributed by atoms with Crippen molar-refractivity contribution in [3.05, 3.63) is 65.2 Å². The summed E-state index contributed by atoms with van der Waals surface area (Å²) in [7, 11) is 0. The Morgan fingerprint density at radius 1 is 1.16 bits per heavy atom. The molecule has 5 nitrogen and oxygen atoms in total. The Morgan fingerprint density at radius 2 is 1.81 bits per heavy atom. The van der Waals surface area contributed by atoms with Gasteiger partial charge in [-0.15, -0.1) is 0 Å². The minimum Gasteiger partial charge on any atom is -0.489 e. The van der Waals surface area contributed by atoms with Crippen molar-refractivity contribution >= 4 is 11.6 Å². The molecule has 166 valence electrons. The van der Waals surface area contributed by atoms with Crippen LogP contribution in [0.4, 0.5) is 13.2 Å². The van der Waals surface area contributed by atoms with Gasteiger partial charge in [0.25, 0.3) is 11.6 Å². The molecule has 1 aliphatic heterocycles. The summed E-state index contributed by atoms with van der Waals surface area (Å²) in [4.78, 5) is 12.8. The van der Waals surface area contributed by atoms with E-state index in [4.69, 9.17) is 4.74 Å². The molecule has 2 aromatic carbocycles. The summed E-state index contributed by atoms with van der Waals surface area (Å²) in [6.45, 7) is 4.20. The van der Waals surface area contributed by atoms with Crippen LogP contribution in [0.1, 0.15) is 54.1 Å². The highest BCUT2D eigenvalue weighted by atomic mass is 19.4. The van der Waals surface area contributed by atoms with Crippen LogP contribution in [-0.4, -0.2) is 33.6 Å². The number of amides is 1. The van der Waals surface area contributed by atoms with Crippen LogP contribution in [0.5, 0.6) is 5.75 Å². The minimum absolute atomic E-state index is 0.0224. The van der Waals surface area contributed by atoms with Gasteiger partial charge in [0, 0.05) is 17.7 Å². The van der Waals surface area contributed by atoms with Gasteiger partial charge in [-0.1, -0.05) is 43.2 Å². The quantitative estimate of drug-likeness (QED) is 0.650. The van der Waals surface area contributed by atoms with Gasteiger partial charge in [-0.05, 0) is 49.6 Å². The molecule has 0 aromatic heterocycles. The average molecular weight is 434 g/mol. The molecular weight excluding hydrogens is 409 g/mol. The van der Waals surface area contributed by atoms with E-state index in [1.807, 2.05) is 38.1 Å². The summed E-state index contributed by atoms with van der Waals surface area (Å²) in [5.74, 6) is -0.548. The van der Waals surface area contributed by atoms with Gasteiger partial charge in [-0.3, -0.25) is 4.79 Å². The molecule has 0 unspecified atom stereocenters. The third-order valence-corrected chi connectivity index (χ3v) is 5.14.